The quantitative estimate of drug-likeness (QED) is 0.920. The molecule has 110 valence electrons. The van der Waals surface area contributed by atoms with Crippen molar-refractivity contribution >= 4 is 10.0 Å². The number of sulfonamides is 1. The van der Waals surface area contributed by atoms with Crippen LogP contribution in [0.25, 0.3) is 0 Å². The first-order valence-electron chi connectivity index (χ1n) is 7.37. The van der Waals surface area contributed by atoms with Gasteiger partial charge in [-0.25, -0.2) is 13.1 Å². The zero-order valence-electron chi connectivity index (χ0n) is 11.9. The molecule has 0 radical (unpaired) electrons. The van der Waals surface area contributed by atoms with Crippen LogP contribution in [0, 0.1) is 0 Å². The molecular weight excluding hydrogens is 272 g/mol. The average Bonchev–Trinajstić information content (AvgIpc) is 2.83. The molecule has 5 heteroatoms. The van der Waals surface area contributed by atoms with Gasteiger partial charge in [-0.15, -0.1) is 0 Å². The van der Waals surface area contributed by atoms with Crippen molar-refractivity contribution in [2.45, 2.75) is 43.0 Å². The Bertz CT molecular complexity index is 598. The highest BCUT2D eigenvalue weighted by molar-refractivity contribution is 7.89. The zero-order valence-corrected chi connectivity index (χ0v) is 12.7. The second kappa shape index (κ2) is 5.47. The lowest BCUT2D eigenvalue weighted by Crippen LogP contribution is -2.36. The van der Waals surface area contributed by atoms with E-state index < -0.39 is 10.0 Å². The second-order valence-electron chi connectivity index (χ2n) is 6.01. The van der Waals surface area contributed by atoms with E-state index in [9.17, 15) is 8.42 Å². The molecule has 0 amide bonds. The number of likely N-dealkylation sites (N-methyl/N-ethyl adjacent to an activating group) is 1. The van der Waals surface area contributed by atoms with Gasteiger partial charge in [0, 0.05) is 12.6 Å². The zero-order chi connectivity index (χ0) is 14.2. The summed E-state index contributed by atoms with van der Waals surface area (Å²) in [5.41, 5.74) is 2.53. The molecule has 1 aromatic carbocycles. The Morgan fingerprint density at radius 2 is 1.95 bits per heavy atom. The van der Waals surface area contributed by atoms with E-state index in [-0.39, 0.29) is 6.04 Å². The van der Waals surface area contributed by atoms with Crippen LogP contribution in [0.1, 0.15) is 30.4 Å². The molecule has 1 aliphatic heterocycles. The number of rotatable bonds is 3. The summed E-state index contributed by atoms with van der Waals surface area (Å²) >= 11 is 0. The highest BCUT2D eigenvalue weighted by Gasteiger charge is 2.26. The van der Waals surface area contributed by atoms with E-state index in [2.05, 4.69) is 9.62 Å². The van der Waals surface area contributed by atoms with Gasteiger partial charge >= 0.3 is 0 Å². The first-order chi connectivity index (χ1) is 9.54. The number of aryl methyl sites for hydroxylation is 2. The van der Waals surface area contributed by atoms with E-state index in [4.69, 9.17) is 0 Å². The fourth-order valence-electron chi connectivity index (χ4n) is 3.20. The van der Waals surface area contributed by atoms with Gasteiger partial charge in [0.25, 0.3) is 0 Å². The minimum atomic E-state index is -3.38. The minimum Gasteiger partial charge on any atom is -0.305 e. The van der Waals surface area contributed by atoms with Gasteiger partial charge in [-0.1, -0.05) is 6.07 Å². The molecule has 3 rings (SSSR count). The first-order valence-corrected chi connectivity index (χ1v) is 8.85. The van der Waals surface area contributed by atoms with Crippen molar-refractivity contribution in [3.8, 4) is 0 Å². The van der Waals surface area contributed by atoms with Gasteiger partial charge in [0.05, 0.1) is 4.90 Å². The van der Waals surface area contributed by atoms with Gasteiger partial charge in [-0.3, -0.25) is 0 Å². The van der Waals surface area contributed by atoms with Crippen molar-refractivity contribution in [1.29, 1.82) is 0 Å². The highest BCUT2D eigenvalue weighted by atomic mass is 32.2. The maximum atomic E-state index is 12.5. The third kappa shape index (κ3) is 2.90. The van der Waals surface area contributed by atoms with Crippen LogP contribution in [0.15, 0.2) is 23.1 Å². The Hall–Kier alpha value is -0.910. The fraction of sp³-hybridized carbons (Fsp3) is 0.600. The molecule has 1 saturated heterocycles. The van der Waals surface area contributed by atoms with Crippen molar-refractivity contribution in [2.24, 2.45) is 0 Å². The van der Waals surface area contributed by atoms with E-state index in [1.54, 1.807) is 6.07 Å². The molecular formula is C15H22N2O2S. The molecule has 0 spiro atoms. The number of hydrogen-bond donors (Lipinski definition) is 1. The Morgan fingerprint density at radius 3 is 2.65 bits per heavy atom. The fourth-order valence-corrected chi connectivity index (χ4v) is 4.51. The second-order valence-corrected chi connectivity index (χ2v) is 7.72. The van der Waals surface area contributed by atoms with E-state index in [0.717, 1.165) is 38.8 Å². The van der Waals surface area contributed by atoms with Crippen LogP contribution in [-0.2, 0) is 22.9 Å². The molecule has 1 aliphatic carbocycles. The van der Waals surface area contributed by atoms with Crippen molar-refractivity contribution in [3.63, 3.8) is 0 Å². The summed E-state index contributed by atoms with van der Waals surface area (Å²) in [6.45, 7) is 1.75. The van der Waals surface area contributed by atoms with Crippen molar-refractivity contribution in [1.82, 2.24) is 9.62 Å². The van der Waals surface area contributed by atoms with E-state index in [1.807, 2.05) is 19.2 Å². The van der Waals surface area contributed by atoms with Crippen LogP contribution in [0.4, 0.5) is 0 Å². The molecule has 0 bridgehead atoms. The number of nitrogens with zero attached hydrogens (tertiary/aromatic N) is 1. The summed E-state index contributed by atoms with van der Waals surface area (Å²) in [5, 5.41) is 0. The van der Waals surface area contributed by atoms with E-state index >= 15 is 0 Å². The van der Waals surface area contributed by atoms with E-state index in [1.165, 1.54) is 17.5 Å². The standard InChI is InChI=1S/C15H22N2O2S/c1-17-9-8-14(11-17)16-20(18,19)15-7-6-12-4-2-3-5-13(12)10-15/h6-7,10,14,16H,2-5,8-9,11H2,1H3. The smallest absolute Gasteiger partial charge is 0.240 e. The van der Waals surface area contributed by atoms with Gasteiger partial charge in [0.2, 0.25) is 10.0 Å². The molecule has 20 heavy (non-hydrogen) atoms. The summed E-state index contributed by atoms with van der Waals surface area (Å²) < 4.78 is 27.7. The number of likely N-dealkylation sites (tertiary alicyclic amines) is 1. The Balaban J connectivity index is 1.80. The molecule has 4 nitrogen and oxygen atoms in total. The predicted molar refractivity (Wildman–Crippen MR) is 79.3 cm³/mol. The topological polar surface area (TPSA) is 49.4 Å². The van der Waals surface area contributed by atoms with Crippen LogP contribution in [0.3, 0.4) is 0 Å². The van der Waals surface area contributed by atoms with Crippen LogP contribution in [-0.4, -0.2) is 39.5 Å². The summed E-state index contributed by atoms with van der Waals surface area (Å²) in [7, 11) is -1.36. The third-order valence-electron chi connectivity index (χ3n) is 4.34. The lowest BCUT2D eigenvalue weighted by molar-refractivity contribution is 0.407. The summed E-state index contributed by atoms with van der Waals surface area (Å²) in [6.07, 6.45) is 5.35. The Morgan fingerprint density at radius 1 is 1.20 bits per heavy atom. The van der Waals surface area contributed by atoms with Crippen LogP contribution < -0.4 is 4.72 Å². The molecule has 1 heterocycles. The van der Waals surface area contributed by atoms with Crippen LogP contribution >= 0.6 is 0 Å². The van der Waals surface area contributed by atoms with Gasteiger partial charge in [-0.05, 0) is 69.0 Å². The molecule has 0 saturated carbocycles. The number of nitrogens with one attached hydrogen (secondary N) is 1. The largest absolute Gasteiger partial charge is 0.305 e. The monoisotopic (exact) mass is 294 g/mol. The Labute approximate surface area is 121 Å². The van der Waals surface area contributed by atoms with Crippen molar-refractivity contribution in [2.75, 3.05) is 20.1 Å². The SMILES string of the molecule is CN1CCC(NS(=O)(=O)c2ccc3c(c2)CCCC3)C1. The summed E-state index contributed by atoms with van der Waals surface area (Å²) in [5.74, 6) is 0. The Kier molecular flexibility index (Phi) is 3.84. The molecule has 1 N–H and O–H groups in total. The molecule has 1 unspecified atom stereocenters. The van der Waals surface area contributed by atoms with Gasteiger partial charge < -0.3 is 4.90 Å². The number of benzene rings is 1. The van der Waals surface area contributed by atoms with E-state index in [0.29, 0.717) is 4.90 Å². The van der Waals surface area contributed by atoms with Crippen molar-refractivity contribution < 1.29 is 8.42 Å². The minimum absolute atomic E-state index is 0.0426. The number of fused-ring (bicyclic) bond motifs is 1. The van der Waals surface area contributed by atoms with Crippen LogP contribution in [0.2, 0.25) is 0 Å². The third-order valence-corrected chi connectivity index (χ3v) is 5.86. The molecule has 2 aliphatic rings. The molecule has 1 fully saturated rings. The lowest BCUT2D eigenvalue weighted by atomic mass is 9.92. The predicted octanol–water partition coefficient (Wildman–Crippen LogP) is 1.55. The normalized spacial score (nSPS) is 23.8. The van der Waals surface area contributed by atoms with Gasteiger partial charge in [0.1, 0.15) is 0 Å². The highest BCUT2D eigenvalue weighted by Crippen LogP contribution is 2.24. The maximum Gasteiger partial charge on any atom is 0.240 e. The molecule has 1 atom stereocenters. The average molecular weight is 294 g/mol. The van der Waals surface area contributed by atoms with Crippen molar-refractivity contribution in [3.05, 3.63) is 29.3 Å². The molecule has 0 aromatic heterocycles. The maximum absolute atomic E-state index is 12.5. The van der Waals surface area contributed by atoms with Crippen LogP contribution in [0.5, 0.6) is 0 Å². The number of hydrogen-bond acceptors (Lipinski definition) is 3. The first kappa shape index (κ1) is 14.0. The summed E-state index contributed by atoms with van der Waals surface area (Å²) in [6, 6.07) is 5.66. The van der Waals surface area contributed by atoms with Gasteiger partial charge in [0.15, 0.2) is 0 Å². The molecule has 1 aromatic rings. The lowest BCUT2D eigenvalue weighted by Gasteiger charge is -2.18. The summed E-state index contributed by atoms with van der Waals surface area (Å²) in [4.78, 5) is 2.58. The van der Waals surface area contributed by atoms with Gasteiger partial charge in [-0.2, -0.15) is 0 Å².